The number of amides is 1. The molecule has 0 aliphatic carbocycles. The summed E-state index contributed by atoms with van der Waals surface area (Å²) >= 11 is 0. The summed E-state index contributed by atoms with van der Waals surface area (Å²) in [7, 11) is 0. The van der Waals surface area contributed by atoms with Gasteiger partial charge in [0.05, 0.1) is 6.04 Å². The fourth-order valence-electron chi connectivity index (χ4n) is 1.42. The van der Waals surface area contributed by atoms with Crippen molar-refractivity contribution >= 4 is 5.91 Å². The summed E-state index contributed by atoms with van der Waals surface area (Å²) in [5.41, 5.74) is 0.407. The SMILES string of the molecule is CC(NC(=O)c1nn[nH]n1)c1ccccc1F. The number of rotatable bonds is 3. The lowest BCUT2D eigenvalue weighted by Gasteiger charge is -2.13. The minimum Gasteiger partial charge on any atom is -0.343 e. The number of hydrogen-bond donors (Lipinski definition) is 2. The molecule has 0 spiro atoms. The van der Waals surface area contributed by atoms with E-state index in [9.17, 15) is 9.18 Å². The molecule has 2 N–H and O–H groups in total. The van der Waals surface area contributed by atoms with Gasteiger partial charge in [-0.2, -0.15) is 5.21 Å². The third-order valence-corrected chi connectivity index (χ3v) is 2.27. The average molecular weight is 235 g/mol. The molecule has 0 fully saturated rings. The summed E-state index contributed by atoms with van der Waals surface area (Å²) in [6, 6.07) is 5.77. The highest BCUT2D eigenvalue weighted by Gasteiger charge is 2.16. The van der Waals surface area contributed by atoms with E-state index in [4.69, 9.17) is 0 Å². The number of aromatic amines is 1. The van der Waals surface area contributed by atoms with Crippen molar-refractivity contribution in [1.29, 1.82) is 0 Å². The Labute approximate surface area is 96.2 Å². The van der Waals surface area contributed by atoms with E-state index in [0.29, 0.717) is 5.56 Å². The smallest absolute Gasteiger partial charge is 0.293 e. The van der Waals surface area contributed by atoms with Gasteiger partial charge >= 0.3 is 0 Å². The number of aromatic nitrogens is 4. The van der Waals surface area contributed by atoms with Crippen molar-refractivity contribution < 1.29 is 9.18 Å². The van der Waals surface area contributed by atoms with E-state index in [1.54, 1.807) is 25.1 Å². The van der Waals surface area contributed by atoms with Crippen LogP contribution >= 0.6 is 0 Å². The second-order valence-electron chi connectivity index (χ2n) is 3.45. The molecule has 2 rings (SSSR count). The Kier molecular flexibility index (Phi) is 3.08. The number of carbonyl (C=O) groups excluding carboxylic acids is 1. The van der Waals surface area contributed by atoms with Crippen LogP contribution in [0.1, 0.15) is 29.1 Å². The normalized spacial score (nSPS) is 12.1. The maximum atomic E-state index is 13.4. The van der Waals surface area contributed by atoms with Gasteiger partial charge in [-0.25, -0.2) is 4.39 Å². The molecule has 0 aliphatic rings. The van der Waals surface area contributed by atoms with E-state index in [2.05, 4.69) is 25.9 Å². The van der Waals surface area contributed by atoms with Crippen LogP contribution in [0, 0.1) is 5.82 Å². The van der Waals surface area contributed by atoms with E-state index in [1.807, 2.05) is 0 Å². The number of nitrogens with one attached hydrogen (secondary N) is 2. The van der Waals surface area contributed by atoms with Crippen LogP contribution < -0.4 is 5.32 Å². The van der Waals surface area contributed by atoms with Gasteiger partial charge in [-0.3, -0.25) is 4.79 Å². The Hall–Kier alpha value is -2.31. The third-order valence-electron chi connectivity index (χ3n) is 2.27. The van der Waals surface area contributed by atoms with Crippen LogP contribution in [-0.2, 0) is 0 Å². The summed E-state index contributed by atoms with van der Waals surface area (Å²) in [5.74, 6) is -0.948. The van der Waals surface area contributed by atoms with Crippen molar-refractivity contribution in [2.75, 3.05) is 0 Å². The van der Waals surface area contributed by atoms with Gasteiger partial charge < -0.3 is 5.32 Å². The number of H-pyrrole nitrogens is 1. The molecule has 6 nitrogen and oxygen atoms in total. The van der Waals surface area contributed by atoms with Gasteiger partial charge in [0.25, 0.3) is 11.7 Å². The van der Waals surface area contributed by atoms with Gasteiger partial charge in [0.1, 0.15) is 5.82 Å². The fourth-order valence-corrected chi connectivity index (χ4v) is 1.42. The molecule has 1 aromatic carbocycles. The number of benzene rings is 1. The second-order valence-corrected chi connectivity index (χ2v) is 3.45. The van der Waals surface area contributed by atoms with Crippen LogP contribution in [0.3, 0.4) is 0 Å². The monoisotopic (exact) mass is 235 g/mol. The van der Waals surface area contributed by atoms with Crippen molar-refractivity contribution in [3.05, 3.63) is 41.5 Å². The van der Waals surface area contributed by atoms with Gasteiger partial charge in [-0.1, -0.05) is 18.2 Å². The molecule has 1 aromatic heterocycles. The largest absolute Gasteiger partial charge is 0.343 e. The average Bonchev–Trinajstić information content (AvgIpc) is 2.82. The molecule has 1 amide bonds. The third kappa shape index (κ3) is 2.44. The first-order chi connectivity index (χ1) is 8.18. The van der Waals surface area contributed by atoms with E-state index < -0.39 is 11.9 Å². The first-order valence-electron chi connectivity index (χ1n) is 4.97. The highest BCUT2D eigenvalue weighted by Crippen LogP contribution is 2.15. The number of carbonyl (C=O) groups is 1. The Morgan fingerprint density at radius 1 is 1.47 bits per heavy atom. The lowest BCUT2D eigenvalue weighted by molar-refractivity contribution is 0.0929. The molecule has 0 radical (unpaired) electrons. The maximum absolute atomic E-state index is 13.4. The molecule has 0 bridgehead atoms. The summed E-state index contributed by atoms with van der Waals surface area (Å²) < 4.78 is 13.4. The zero-order valence-electron chi connectivity index (χ0n) is 9.01. The molecular formula is C10H10FN5O. The van der Waals surface area contributed by atoms with Crippen LogP contribution in [0.5, 0.6) is 0 Å². The van der Waals surface area contributed by atoms with Crippen molar-refractivity contribution in [2.45, 2.75) is 13.0 Å². The molecule has 7 heteroatoms. The van der Waals surface area contributed by atoms with Gasteiger partial charge in [0.15, 0.2) is 0 Å². The van der Waals surface area contributed by atoms with Crippen molar-refractivity contribution in [2.24, 2.45) is 0 Å². The van der Waals surface area contributed by atoms with E-state index in [1.165, 1.54) is 6.07 Å². The quantitative estimate of drug-likeness (QED) is 0.825. The predicted molar refractivity (Wildman–Crippen MR) is 56.5 cm³/mol. The second kappa shape index (κ2) is 4.69. The Morgan fingerprint density at radius 3 is 2.88 bits per heavy atom. The van der Waals surface area contributed by atoms with Crippen LogP contribution in [-0.4, -0.2) is 26.5 Å². The van der Waals surface area contributed by atoms with E-state index in [-0.39, 0.29) is 11.6 Å². The minimum absolute atomic E-state index is 0.0758. The Bertz CT molecular complexity index is 513. The van der Waals surface area contributed by atoms with E-state index >= 15 is 0 Å². The summed E-state index contributed by atoms with van der Waals surface area (Å²) in [6.45, 7) is 1.68. The van der Waals surface area contributed by atoms with Crippen molar-refractivity contribution in [1.82, 2.24) is 25.9 Å². The summed E-state index contributed by atoms with van der Waals surface area (Å²) in [5, 5.41) is 15.1. The molecular weight excluding hydrogens is 225 g/mol. The zero-order chi connectivity index (χ0) is 12.3. The molecule has 88 valence electrons. The molecule has 0 aliphatic heterocycles. The topological polar surface area (TPSA) is 83.6 Å². The highest BCUT2D eigenvalue weighted by molar-refractivity contribution is 5.90. The van der Waals surface area contributed by atoms with Crippen LogP contribution in [0.4, 0.5) is 4.39 Å². The van der Waals surface area contributed by atoms with Crippen molar-refractivity contribution in [3.63, 3.8) is 0 Å². The standard InChI is InChI=1S/C10H10FN5O/c1-6(7-4-2-3-5-8(7)11)12-10(17)9-13-15-16-14-9/h2-6H,1H3,(H,12,17)(H,13,14,15,16). The first-order valence-corrected chi connectivity index (χ1v) is 4.97. The lowest BCUT2D eigenvalue weighted by atomic mass is 10.1. The Morgan fingerprint density at radius 2 is 2.24 bits per heavy atom. The fraction of sp³-hybridized carbons (Fsp3) is 0.200. The highest BCUT2D eigenvalue weighted by atomic mass is 19.1. The minimum atomic E-state index is -0.505. The molecule has 2 aromatic rings. The molecule has 1 heterocycles. The molecule has 1 unspecified atom stereocenters. The molecule has 0 saturated carbocycles. The summed E-state index contributed by atoms with van der Waals surface area (Å²) in [6.07, 6.45) is 0. The van der Waals surface area contributed by atoms with Crippen LogP contribution in [0.25, 0.3) is 0 Å². The zero-order valence-corrected chi connectivity index (χ0v) is 9.01. The van der Waals surface area contributed by atoms with Gasteiger partial charge in [0.2, 0.25) is 0 Å². The van der Waals surface area contributed by atoms with Crippen LogP contribution in [0.15, 0.2) is 24.3 Å². The number of hydrogen-bond acceptors (Lipinski definition) is 4. The molecule has 17 heavy (non-hydrogen) atoms. The van der Waals surface area contributed by atoms with Crippen LogP contribution in [0.2, 0.25) is 0 Å². The van der Waals surface area contributed by atoms with E-state index in [0.717, 1.165) is 0 Å². The maximum Gasteiger partial charge on any atom is 0.293 e. The lowest BCUT2D eigenvalue weighted by Crippen LogP contribution is -2.28. The number of tetrazole rings is 1. The Balaban J connectivity index is 2.10. The van der Waals surface area contributed by atoms with Gasteiger partial charge in [-0.15, -0.1) is 10.2 Å². The predicted octanol–water partition coefficient (Wildman–Crippen LogP) is 0.830. The summed E-state index contributed by atoms with van der Waals surface area (Å²) in [4.78, 5) is 11.6. The van der Waals surface area contributed by atoms with Gasteiger partial charge in [-0.05, 0) is 18.2 Å². The molecule has 0 saturated heterocycles. The number of nitrogens with zero attached hydrogens (tertiary/aromatic N) is 3. The van der Waals surface area contributed by atoms with Gasteiger partial charge in [0, 0.05) is 5.56 Å². The number of halogens is 1. The first kappa shape index (κ1) is 11.2. The van der Waals surface area contributed by atoms with Crippen molar-refractivity contribution in [3.8, 4) is 0 Å². The molecule has 1 atom stereocenters.